The highest BCUT2D eigenvalue weighted by Crippen LogP contribution is 2.05. The molecular weight excluding hydrogens is 234 g/mol. The maximum atomic E-state index is 11.7. The summed E-state index contributed by atoms with van der Waals surface area (Å²) in [5, 5.41) is 0. The molecule has 1 aromatic carbocycles. The molecule has 0 aliphatic rings. The Kier molecular flexibility index (Phi) is 5.65. The lowest BCUT2D eigenvalue weighted by molar-refractivity contribution is 0.581. The Morgan fingerprint density at radius 2 is 1.88 bits per heavy atom. The van der Waals surface area contributed by atoms with E-state index in [4.69, 9.17) is 5.73 Å². The summed E-state index contributed by atoms with van der Waals surface area (Å²) in [6.07, 6.45) is 2.18. The molecule has 0 amide bonds. The highest BCUT2D eigenvalue weighted by Gasteiger charge is 2.14. The highest BCUT2D eigenvalue weighted by atomic mass is 32.2. The van der Waals surface area contributed by atoms with Gasteiger partial charge in [0.15, 0.2) is 9.84 Å². The maximum Gasteiger partial charge on any atom is 0.151 e. The minimum Gasteiger partial charge on any atom is -0.327 e. The molecule has 1 atom stereocenters. The largest absolute Gasteiger partial charge is 0.327 e. The first-order valence-corrected chi connectivity index (χ1v) is 7.85. The van der Waals surface area contributed by atoms with E-state index in [0.29, 0.717) is 12.8 Å². The van der Waals surface area contributed by atoms with Crippen LogP contribution >= 0.6 is 0 Å². The molecule has 96 valence electrons. The zero-order chi connectivity index (χ0) is 12.7. The van der Waals surface area contributed by atoms with Crippen LogP contribution in [0.4, 0.5) is 0 Å². The van der Waals surface area contributed by atoms with Gasteiger partial charge in [-0.1, -0.05) is 37.3 Å². The Bertz CT molecular complexity index is 414. The van der Waals surface area contributed by atoms with E-state index in [1.807, 2.05) is 37.3 Å². The van der Waals surface area contributed by atoms with E-state index in [0.717, 1.165) is 6.42 Å². The van der Waals surface area contributed by atoms with E-state index in [1.54, 1.807) is 0 Å². The van der Waals surface area contributed by atoms with Crippen LogP contribution in [0.3, 0.4) is 0 Å². The molecule has 0 spiro atoms. The summed E-state index contributed by atoms with van der Waals surface area (Å²) in [4.78, 5) is 0. The fraction of sp³-hybridized carbons (Fsp3) is 0.538. The van der Waals surface area contributed by atoms with Gasteiger partial charge in [0, 0.05) is 6.04 Å². The fourth-order valence-corrected chi connectivity index (χ4v) is 3.31. The molecular formula is C13H21NO2S. The van der Waals surface area contributed by atoms with Gasteiger partial charge < -0.3 is 5.73 Å². The molecule has 0 saturated heterocycles. The van der Waals surface area contributed by atoms with E-state index in [1.165, 1.54) is 5.56 Å². The first-order valence-electron chi connectivity index (χ1n) is 6.03. The maximum absolute atomic E-state index is 11.7. The van der Waals surface area contributed by atoms with Crippen molar-refractivity contribution in [3.63, 3.8) is 0 Å². The minimum absolute atomic E-state index is 0.109. The summed E-state index contributed by atoms with van der Waals surface area (Å²) in [6.45, 7) is 1.91. The topological polar surface area (TPSA) is 60.2 Å². The molecule has 4 heteroatoms. The minimum atomic E-state index is -2.99. The predicted octanol–water partition coefficient (Wildman–Crippen LogP) is 1.77. The molecule has 0 bridgehead atoms. The van der Waals surface area contributed by atoms with Gasteiger partial charge in [-0.2, -0.15) is 0 Å². The van der Waals surface area contributed by atoms with Gasteiger partial charge in [0.25, 0.3) is 0 Å². The molecule has 0 heterocycles. The lowest BCUT2D eigenvalue weighted by Gasteiger charge is -2.09. The summed E-state index contributed by atoms with van der Waals surface area (Å²) in [7, 11) is -2.99. The Hall–Kier alpha value is -0.870. The Balaban J connectivity index is 2.36. The molecule has 2 N–H and O–H groups in total. The SMILES string of the molecule is CCC(N)CS(=O)(=O)CCCc1ccccc1. The molecule has 1 aromatic rings. The monoisotopic (exact) mass is 255 g/mol. The third kappa shape index (κ3) is 5.84. The highest BCUT2D eigenvalue weighted by molar-refractivity contribution is 7.91. The molecule has 1 rings (SSSR count). The second-order valence-corrected chi connectivity index (χ2v) is 6.60. The Labute approximate surface area is 104 Å². The summed E-state index contributed by atoms with van der Waals surface area (Å²) in [6, 6.07) is 9.71. The van der Waals surface area contributed by atoms with E-state index < -0.39 is 9.84 Å². The van der Waals surface area contributed by atoms with Crippen molar-refractivity contribution in [2.24, 2.45) is 5.73 Å². The lowest BCUT2D eigenvalue weighted by atomic mass is 10.1. The van der Waals surface area contributed by atoms with Gasteiger partial charge in [-0.05, 0) is 24.8 Å². The van der Waals surface area contributed by atoms with E-state index >= 15 is 0 Å². The zero-order valence-corrected chi connectivity index (χ0v) is 11.1. The molecule has 1 unspecified atom stereocenters. The number of nitrogens with two attached hydrogens (primary N) is 1. The van der Waals surface area contributed by atoms with Crippen LogP contribution in [0.15, 0.2) is 30.3 Å². The van der Waals surface area contributed by atoms with E-state index in [9.17, 15) is 8.42 Å². The van der Waals surface area contributed by atoms with Gasteiger partial charge in [-0.3, -0.25) is 0 Å². The van der Waals surface area contributed by atoms with Crippen molar-refractivity contribution in [1.29, 1.82) is 0 Å². The zero-order valence-electron chi connectivity index (χ0n) is 10.3. The first kappa shape index (κ1) is 14.2. The van der Waals surface area contributed by atoms with Crippen LogP contribution in [0, 0.1) is 0 Å². The smallest absolute Gasteiger partial charge is 0.151 e. The average Bonchev–Trinajstić information content (AvgIpc) is 2.29. The number of hydrogen-bond donors (Lipinski definition) is 1. The molecule has 0 aliphatic heterocycles. The number of sulfone groups is 1. The van der Waals surface area contributed by atoms with Crippen LogP contribution in [-0.4, -0.2) is 26.0 Å². The van der Waals surface area contributed by atoms with Gasteiger partial charge in [-0.15, -0.1) is 0 Å². The molecule has 0 aliphatic carbocycles. The third-order valence-corrected chi connectivity index (χ3v) is 4.60. The second-order valence-electron chi connectivity index (χ2n) is 4.37. The average molecular weight is 255 g/mol. The summed E-state index contributed by atoms with van der Waals surface area (Å²) >= 11 is 0. The number of rotatable bonds is 7. The fourth-order valence-electron chi connectivity index (χ4n) is 1.67. The molecule has 17 heavy (non-hydrogen) atoms. The third-order valence-electron chi connectivity index (χ3n) is 2.76. The molecule has 3 nitrogen and oxygen atoms in total. The van der Waals surface area contributed by atoms with Crippen LogP contribution in [0.5, 0.6) is 0 Å². The predicted molar refractivity (Wildman–Crippen MR) is 71.7 cm³/mol. The van der Waals surface area contributed by atoms with Crippen molar-refractivity contribution in [1.82, 2.24) is 0 Å². The standard InChI is InChI=1S/C13H21NO2S/c1-2-13(14)11-17(15,16)10-6-9-12-7-4-3-5-8-12/h3-5,7-8,13H,2,6,9-11,14H2,1H3. The van der Waals surface area contributed by atoms with E-state index in [-0.39, 0.29) is 17.5 Å². The summed E-state index contributed by atoms with van der Waals surface area (Å²) < 4.78 is 23.4. The van der Waals surface area contributed by atoms with Crippen LogP contribution in [0.1, 0.15) is 25.3 Å². The molecule has 0 aromatic heterocycles. The van der Waals surface area contributed by atoms with Crippen LogP contribution in [0.2, 0.25) is 0 Å². The van der Waals surface area contributed by atoms with Crippen molar-refractivity contribution in [3.8, 4) is 0 Å². The Morgan fingerprint density at radius 1 is 1.24 bits per heavy atom. The van der Waals surface area contributed by atoms with Gasteiger partial charge in [0.1, 0.15) is 0 Å². The van der Waals surface area contributed by atoms with E-state index in [2.05, 4.69) is 0 Å². The summed E-state index contributed by atoms with van der Waals surface area (Å²) in [5.74, 6) is 0.341. The van der Waals surface area contributed by atoms with Crippen LogP contribution in [-0.2, 0) is 16.3 Å². The second kappa shape index (κ2) is 6.77. The molecule has 0 radical (unpaired) electrons. The quantitative estimate of drug-likeness (QED) is 0.807. The van der Waals surface area contributed by atoms with Crippen molar-refractivity contribution >= 4 is 9.84 Å². The normalized spacial score (nSPS) is 13.5. The van der Waals surface area contributed by atoms with Crippen molar-refractivity contribution in [2.75, 3.05) is 11.5 Å². The number of benzene rings is 1. The molecule has 0 fully saturated rings. The van der Waals surface area contributed by atoms with Crippen molar-refractivity contribution in [3.05, 3.63) is 35.9 Å². The van der Waals surface area contributed by atoms with Crippen molar-refractivity contribution < 1.29 is 8.42 Å². The van der Waals surface area contributed by atoms with Gasteiger partial charge in [0.2, 0.25) is 0 Å². The lowest BCUT2D eigenvalue weighted by Crippen LogP contribution is -2.30. The van der Waals surface area contributed by atoms with Crippen molar-refractivity contribution in [2.45, 2.75) is 32.2 Å². The molecule has 0 saturated carbocycles. The van der Waals surface area contributed by atoms with Gasteiger partial charge in [0.05, 0.1) is 11.5 Å². The van der Waals surface area contributed by atoms with Crippen LogP contribution < -0.4 is 5.73 Å². The first-order chi connectivity index (χ1) is 8.03. The summed E-state index contributed by atoms with van der Waals surface area (Å²) in [5.41, 5.74) is 6.85. The number of hydrogen-bond acceptors (Lipinski definition) is 3. The van der Waals surface area contributed by atoms with Gasteiger partial charge >= 0.3 is 0 Å². The Morgan fingerprint density at radius 3 is 2.47 bits per heavy atom. The van der Waals surface area contributed by atoms with Crippen LogP contribution in [0.25, 0.3) is 0 Å². The van der Waals surface area contributed by atoms with Gasteiger partial charge in [-0.25, -0.2) is 8.42 Å². The number of aryl methyl sites for hydroxylation is 1.